The first kappa shape index (κ1) is 24.3. The minimum Gasteiger partial charge on any atom is -0.0654 e. The number of unbranched alkanes of at least 4 members (excludes halogenated alkanes) is 5. The van der Waals surface area contributed by atoms with Crippen LogP contribution in [0.25, 0.3) is 0 Å². The van der Waals surface area contributed by atoms with E-state index >= 15 is 0 Å². The molecule has 3 aromatic carbocycles. The zero-order valence-electron chi connectivity index (χ0n) is 21.0. The van der Waals surface area contributed by atoms with E-state index in [1.165, 1.54) is 78.3 Å². The zero-order chi connectivity index (χ0) is 23.0. The van der Waals surface area contributed by atoms with E-state index in [4.69, 9.17) is 0 Å². The molecule has 32 heavy (non-hydrogen) atoms. The van der Waals surface area contributed by atoms with Crippen molar-refractivity contribution < 1.29 is 0 Å². The Hall–Kier alpha value is -2.34. The lowest BCUT2D eigenvalue weighted by molar-refractivity contribution is 0.358. The van der Waals surface area contributed by atoms with E-state index in [1.54, 1.807) is 0 Å². The number of aryl methyl sites for hydroxylation is 3. The van der Waals surface area contributed by atoms with Gasteiger partial charge in [-0.15, -0.1) is 0 Å². The molecule has 0 aliphatic rings. The van der Waals surface area contributed by atoms with Gasteiger partial charge in [-0.3, -0.25) is 0 Å². The molecule has 0 fully saturated rings. The van der Waals surface area contributed by atoms with Gasteiger partial charge in [0.25, 0.3) is 0 Å². The zero-order valence-corrected chi connectivity index (χ0v) is 21.0. The lowest BCUT2D eigenvalue weighted by Crippen LogP contribution is -2.38. The first-order valence-electron chi connectivity index (χ1n) is 12.7. The Morgan fingerprint density at radius 1 is 0.562 bits per heavy atom. The Morgan fingerprint density at radius 2 is 0.938 bits per heavy atom. The van der Waals surface area contributed by atoms with Crippen LogP contribution in [0.1, 0.15) is 92.2 Å². The molecule has 3 rings (SSSR count). The maximum absolute atomic E-state index is 2.50. The largest absolute Gasteiger partial charge is 0.0654 e. The fourth-order valence-corrected chi connectivity index (χ4v) is 5.73. The van der Waals surface area contributed by atoms with Gasteiger partial charge in [-0.25, -0.2) is 0 Å². The number of benzene rings is 3. The Morgan fingerprint density at radius 3 is 1.34 bits per heavy atom. The van der Waals surface area contributed by atoms with Crippen LogP contribution in [0.4, 0.5) is 0 Å². The van der Waals surface area contributed by atoms with Crippen LogP contribution in [-0.2, 0) is 5.41 Å². The molecular weight excluding hydrogens is 384 g/mol. The molecule has 0 N–H and O–H groups in total. The average Bonchev–Trinajstić information content (AvgIpc) is 2.80. The normalized spacial score (nSPS) is 12.7. The third kappa shape index (κ3) is 5.01. The van der Waals surface area contributed by atoms with Crippen LogP contribution in [0.2, 0.25) is 0 Å². The molecular formula is C32H42. The van der Waals surface area contributed by atoms with Gasteiger partial charge in [0.1, 0.15) is 0 Å². The third-order valence-corrected chi connectivity index (χ3v) is 7.44. The van der Waals surface area contributed by atoms with Crippen LogP contribution < -0.4 is 0 Å². The van der Waals surface area contributed by atoms with E-state index in [0.717, 1.165) is 0 Å². The van der Waals surface area contributed by atoms with Crippen LogP contribution in [0, 0.1) is 26.7 Å². The molecule has 0 saturated carbocycles. The van der Waals surface area contributed by atoms with E-state index < -0.39 is 0 Å². The molecule has 1 unspecified atom stereocenters. The summed E-state index contributed by atoms with van der Waals surface area (Å²) in [5, 5.41) is 0. The molecule has 0 radical (unpaired) electrons. The van der Waals surface area contributed by atoms with Crippen molar-refractivity contribution in [3.8, 4) is 0 Å². The summed E-state index contributed by atoms with van der Waals surface area (Å²) in [6, 6.07) is 27.2. The van der Waals surface area contributed by atoms with Crippen molar-refractivity contribution >= 4 is 0 Å². The Bertz CT molecular complexity index is 870. The van der Waals surface area contributed by atoms with Crippen molar-refractivity contribution in [2.24, 2.45) is 5.92 Å². The van der Waals surface area contributed by atoms with Crippen molar-refractivity contribution in [1.29, 1.82) is 0 Å². The SMILES string of the molecule is CCCCCCCCC(C)C(c1ccccc1C)(c1ccccc1C)c1ccccc1C. The molecule has 170 valence electrons. The molecule has 0 aliphatic carbocycles. The molecule has 0 aliphatic heterocycles. The Balaban J connectivity index is 2.16. The summed E-state index contributed by atoms with van der Waals surface area (Å²) in [6.45, 7) is 11.7. The second-order valence-electron chi connectivity index (χ2n) is 9.71. The summed E-state index contributed by atoms with van der Waals surface area (Å²) in [6.07, 6.45) is 9.31. The van der Waals surface area contributed by atoms with Gasteiger partial charge < -0.3 is 0 Å². The van der Waals surface area contributed by atoms with Gasteiger partial charge in [0, 0.05) is 5.41 Å². The second kappa shape index (κ2) is 11.5. The highest BCUT2D eigenvalue weighted by atomic mass is 14.5. The summed E-state index contributed by atoms with van der Waals surface area (Å²) >= 11 is 0. The van der Waals surface area contributed by atoms with Crippen LogP contribution in [0.5, 0.6) is 0 Å². The van der Waals surface area contributed by atoms with Gasteiger partial charge in [-0.1, -0.05) is 125 Å². The minimum atomic E-state index is -0.147. The quantitative estimate of drug-likeness (QED) is 0.212. The summed E-state index contributed by atoms with van der Waals surface area (Å²) in [7, 11) is 0. The molecule has 0 bridgehead atoms. The second-order valence-corrected chi connectivity index (χ2v) is 9.71. The topological polar surface area (TPSA) is 0 Å². The number of rotatable bonds is 11. The molecule has 1 atom stereocenters. The van der Waals surface area contributed by atoms with Gasteiger partial charge in [0.15, 0.2) is 0 Å². The first-order valence-corrected chi connectivity index (χ1v) is 12.7. The van der Waals surface area contributed by atoms with Gasteiger partial charge in [-0.05, 0) is 66.5 Å². The van der Waals surface area contributed by atoms with Crippen molar-refractivity contribution in [3.05, 3.63) is 106 Å². The maximum Gasteiger partial charge on any atom is 0.0484 e. The Labute approximate surface area is 197 Å². The van der Waals surface area contributed by atoms with Crippen molar-refractivity contribution in [3.63, 3.8) is 0 Å². The molecule has 0 spiro atoms. The highest BCUT2D eigenvalue weighted by molar-refractivity contribution is 5.57. The molecule has 0 aromatic heterocycles. The van der Waals surface area contributed by atoms with Crippen molar-refractivity contribution in [2.45, 2.75) is 85.0 Å². The fraction of sp³-hybridized carbons (Fsp3) is 0.438. The predicted molar refractivity (Wildman–Crippen MR) is 141 cm³/mol. The summed E-state index contributed by atoms with van der Waals surface area (Å²) in [4.78, 5) is 0. The Kier molecular flexibility index (Phi) is 8.74. The molecule has 0 heterocycles. The molecule has 0 amide bonds. The van der Waals surface area contributed by atoms with Gasteiger partial charge in [0.2, 0.25) is 0 Å². The summed E-state index contributed by atoms with van der Waals surface area (Å²) in [5.41, 5.74) is 8.38. The monoisotopic (exact) mass is 426 g/mol. The number of hydrogen-bond donors (Lipinski definition) is 0. The molecule has 0 saturated heterocycles. The van der Waals surface area contributed by atoms with Gasteiger partial charge in [-0.2, -0.15) is 0 Å². The van der Waals surface area contributed by atoms with E-state index in [0.29, 0.717) is 5.92 Å². The van der Waals surface area contributed by atoms with Crippen LogP contribution in [0.15, 0.2) is 72.8 Å². The first-order chi connectivity index (χ1) is 15.5. The van der Waals surface area contributed by atoms with Gasteiger partial charge >= 0.3 is 0 Å². The highest BCUT2D eigenvalue weighted by Gasteiger charge is 2.43. The standard InChI is InChI=1S/C32H42/c1-6-7-8-9-10-11-21-28(5)32(29-22-15-12-18-25(29)2,30-23-16-13-19-26(30)3)31-24-17-14-20-27(31)4/h12-20,22-24,28H,6-11,21H2,1-5H3. The minimum absolute atomic E-state index is 0.147. The van der Waals surface area contributed by atoms with E-state index in [-0.39, 0.29) is 5.41 Å². The van der Waals surface area contributed by atoms with Crippen LogP contribution in [0.3, 0.4) is 0 Å². The van der Waals surface area contributed by atoms with Gasteiger partial charge in [0.05, 0.1) is 0 Å². The third-order valence-electron chi connectivity index (χ3n) is 7.44. The maximum atomic E-state index is 2.50. The molecule has 0 nitrogen and oxygen atoms in total. The van der Waals surface area contributed by atoms with Crippen molar-refractivity contribution in [1.82, 2.24) is 0 Å². The molecule has 3 aromatic rings. The van der Waals surface area contributed by atoms with Crippen LogP contribution >= 0.6 is 0 Å². The fourth-order valence-electron chi connectivity index (χ4n) is 5.73. The smallest absolute Gasteiger partial charge is 0.0484 e. The van der Waals surface area contributed by atoms with Crippen molar-refractivity contribution in [2.75, 3.05) is 0 Å². The lowest BCUT2D eigenvalue weighted by Gasteiger charge is -2.44. The van der Waals surface area contributed by atoms with E-state index in [9.17, 15) is 0 Å². The number of hydrogen-bond acceptors (Lipinski definition) is 0. The van der Waals surface area contributed by atoms with E-state index in [2.05, 4.69) is 107 Å². The average molecular weight is 427 g/mol. The van der Waals surface area contributed by atoms with E-state index in [1.807, 2.05) is 0 Å². The predicted octanol–water partition coefficient (Wildman–Crippen LogP) is 9.33. The van der Waals surface area contributed by atoms with Crippen LogP contribution in [-0.4, -0.2) is 0 Å². The summed E-state index contributed by atoms with van der Waals surface area (Å²) in [5.74, 6) is 0.497. The molecule has 0 heteroatoms. The highest BCUT2D eigenvalue weighted by Crippen LogP contribution is 2.50. The summed E-state index contributed by atoms with van der Waals surface area (Å²) < 4.78 is 0. The lowest BCUT2D eigenvalue weighted by atomic mass is 9.58.